The highest BCUT2D eigenvalue weighted by Gasteiger charge is 2.34. The van der Waals surface area contributed by atoms with Gasteiger partial charge in [-0.05, 0) is 31.0 Å². The van der Waals surface area contributed by atoms with E-state index in [1.165, 1.54) is 6.26 Å². The molecular weight excluding hydrogens is 408 g/mol. The molecule has 3 aromatic heterocycles. The molecule has 1 aliphatic carbocycles. The second kappa shape index (κ2) is 8.26. The minimum Gasteiger partial charge on any atom is -0.497 e. The Bertz CT molecular complexity index is 1250. The average Bonchev–Trinajstić information content (AvgIpc) is 3.36. The molecule has 0 radical (unpaired) electrons. The summed E-state index contributed by atoms with van der Waals surface area (Å²) in [6.45, 7) is 0.354. The van der Waals surface area contributed by atoms with E-state index < -0.39 is 0 Å². The van der Waals surface area contributed by atoms with Crippen molar-refractivity contribution in [1.82, 2.24) is 29.8 Å². The van der Waals surface area contributed by atoms with E-state index >= 15 is 0 Å². The molecule has 4 aromatic rings. The van der Waals surface area contributed by atoms with Crippen molar-refractivity contribution in [2.45, 2.75) is 25.3 Å². The van der Waals surface area contributed by atoms with Crippen molar-refractivity contribution in [2.75, 3.05) is 14.2 Å². The van der Waals surface area contributed by atoms with Crippen molar-refractivity contribution >= 4 is 5.91 Å². The predicted octanol–water partition coefficient (Wildman–Crippen LogP) is 3.48. The number of hydrogen-bond acceptors (Lipinski definition) is 7. The van der Waals surface area contributed by atoms with Gasteiger partial charge < -0.3 is 14.2 Å². The Morgan fingerprint density at radius 3 is 2.91 bits per heavy atom. The van der Waals surface area contributed by atoms with E-state index in [-0.39, 0.29) is 11.8 Å². The molecule has 1 fully saturated rings. The summed E-state index contributed by atoms with van der Waals surface area (Å²) in [6, 6.07) is 11.3. The Morgan fingerprint density at radius 1 is 1.28 bits per heavy atom. The molecule has 1 saturated carbocycles. The largest absolute Gasteiger partial charge is 0.497 e. The van der Waals surface area contributed by atoms with E-state index in [1.54, 1.807) is 42.2 Å². The van der Waals surface area contributed by atoms with Gasteiger partial charge in [-0.2, -0.15) is 5.10 Å². The number of nitrogens with zero attached hydrogens (tertiary/aromatic N) is 6. The second-order valence-corrected chi connectivity index (χ2v) is 7.76. The number of benzene rings is 1. The van der Waals surface area contributed by atoms with Crippen molar-refractivity contribution in [3.63, 3.8) is 0 Å². The third kappa shape index (κ3) is 3.84. The summed E-state index contributed by atoms with van der Waals surface area (Å²) in [6.07, 6.45) is 6.82. The minimum absolute atomic E-state index is 0.120. The zero-order chi connectivity index (χ0) is 22.1. The lowest BCUT2D eigenvalue weighted by Gasteiger charge is -2.16. The van der Waals surface area contributed by atoms with Crippen LogP contribution in [-0.4, -0.2) is 49.9 Å². The van der Waals surface area contributed by atoms with Crippen molar-refractivity contribution in [2.24, 2.45) is 0 Å². The number of hydrogen-bond donors (Lipinski definition) is 0. The Morgan fingerprint density at radius 2 is 2.16 bits per heavy atom. The van der Waals surface area contributed by atoms with Crippen LogP contribution in [0.1, 0.15) is 40.5 Å². The first-order valence-corrected chi connectivity index (χ1v) is 10.3. The summed E-state index contributed by atoms with van der Waals surface area (Å²) in [5, 5.41) is 8.39. The molecule has 0 N–H and O–H groups in total. The highest BCUT2D eigenvalue weighted by Crippen LogP contribution is 2.42. The minimum atomic E-state index is -0.120. The molecule has 3 heterocycles. The topological polar surface area (TPSA) is 99.2 Å². The Kier molecular flexibility index (Phi) is 5.14. The molecule has 5 rings (SSSR count). The maximum absolute atomic E-state index is 13.2. The van der Waals surface area contributed by atoms with Crippen molar-refractivity contribution < 1.29 is 14.1 Å². The third-order valence-corrected chi connectivity index (χ3v) is 5.44. The summed E-state index contributed by atoms with van der Waals surface area (Å²) in [5.41, 5.74) is 3.77. The normalized spacial score (nSPS) is 13.2. The van der Waals surface area contributed by atoms with Gasteiger partial charge in [-0.1, -0.05) is 17.3 Å². The predicted molar refractivity (Wildman–Crippen MR) is 115 cm³/mol. The lowest BCUT2D eigenvalue weighted by Crippen LogP contribution is -2.27. The van der Waals surface area contributed by atoms with E-state index in [4.69, 9.17) is 14.2 Å². The summed E-state index contributed by atoms with van der Waals surface area (Å²) >= 11 is 0. The average molecular weight is 430 g/mol. The van der Waals surface area contributed by atoms with Gasteiger partial charge in [0.05, 0.1) is 36.8 Å². The summed E-state index contributed by atoms with van der Waals surface area (Å²) in [5.74, 6) is 1.33. The molecule has 0 atom stereocenters. The lowest BCUT2D eigenvalue weighted by atomic mass is 10.1. The van der Waals surface area contributed by atoms with E-state index in [0.29, 0.717) is 23.8 Å². The smallest absolute Gasteiger partial charge is 0.257 e. The van der Waals surface area contributed by atoms with E-state index in [2.05, 4.69) is 15.2 Å². The quantitative estimate of drug-likeness (QED) is 0.443. The monoisotopic (exact) mass is 430 g/mol. The van der Waals surface area contributed by atoms with Crippen LogP contribution in [0.5, 0.6) is 5.75 Å². The maximum Gasteiger partial charge on any atom is 0.257 e. The van der Waals surface area contributed by atoms with E-state index in [1.807, 2.05) is 30.3 Å². The SMILES string of the molecule is COc1cccc(-c2ccnc(-n3ncc(C(=O)N(C)Cc4ccon4)c3C3CC3)n2)c1. The van der Waals surface area contributed by atoms with Gasteiger partial charge in [-0.25, -0.2) is 14.6 Å². The first-order chi connectivity index (χ1) is 15.6. The van der Waals surface area contributed by atoms with E-state index in [0.717, 1.165) is 35.5 Å². The third-order valence-electron chi connectivity index (χ3n) is 5.44. The van der Waals surface area contributed by atoms with Crippen LogP contribution in [0.2, 0.25) is 0 Å². The van der Waals surface area contributed by atoms with Crippen molar-refractivity contribution in [1.29, 1.82) is 0 Å². The molecule has 1 aromatic carbocycles. The summed E-state index contributed by atoms with van der Waals surface area (Å²) in [4.78, 5) is 24.0. The molecule has 0 unspecified atom stereocenters. The highest BCUT2D eigenvalue weighted by molar-refractivity contribution is 5.95. The maximum atomic E-state index is 13.2. The molecule has 0 spiro atoms. The van der Waals surface area contributed by atoms with Crippen LogP contribution in [0.3, 0.4) is 0 Å². The summed E-state index contributed by atoms with van der Waals surface area (Å²) in [7, 11) is 3.37. The molecule has 32 heavy (non-hydrogen) atoms. The fourth-order valence-corrected chi connectivity index (χ4v) is 3.66. The van der Waals surface area contributed by atoms with E-state index in [9.17, 15) is 4.79 Å². The number of carbonyl (C=O) groups is 1. The first-order valence-electron chi connectivity index (χ1n) is 10.3. The van der Waals surface area contributed by atoms with Gasteiger partial charge >= 0.3 is 0 Å². The first kappa shape index (κ1) is 19.9. The van der Waals surface area contributed by atoms with Gasteiger partial charge in [-0.15, -0.1) is 0 Å². The van der Waals surface area contributed by atoms with Crippen LogP contribution in [0.15, 0.2) is 59.6 Å². The van der Waals surface area contributed by atoms with Crippen LogP contribution >= 0.6 is 0 Å². The lowest BCUT2D eigenvalue weighted by molar-refractivity contribution is 0.0781. The molecule has 162 valence electrons. The molecule has 9 nitrogen and oxygen atoms in total. The van der Waals surface area contributed by atoms with Gasteiger partial charge in [0.2, 0.25) is 0 Å². The molecule has 9 heteroatoms. The highest BCUT2D eigenvalue weighted by atomic mass is 16.5. The van der Waals surface area contributed by atoms with Gasteiger partial charge in [0.15, 0.2) is 0 Å². The summed E-state index contributed by atoms with van der Waals surface area (Å²) < 4.78 is 11.9. The van der Waals surface area contributed by atoms with Crippen LogP contribution in [0.4, 0.5) is 0 Å². The Labute approximate surface area is 184 Å². The van der Waals surface area contributed by atoms with Crippen LogP contribution < -0.4 is 4.74 Å². The molecule has 1 amide bonds. The molecule has 0 saturated heterocycles. The Hall–Kier alpha value is -4.01. The fraction of sp³-hybridized carbons (Fsp3) is 0.261. The number of methoxy groups -OCH3 is 1. The molecule has 0 bridgehead atoms. The standard InChI is InChI=1S/C23H22N6O3/c1-28(14-17-9-11-32-27-17)22(30)19-13-25-29(21(19)15-6-7-15)23-24-10-8-20(26-23)16-4-3-5-18(12-16)31-2/h3-5,8-13,15H,6-7,14H2,1-2H3. The molecule has 0 aliphatic heterocycles. The fourth-order valence-electron chi connectivity index (χ4n) is 3.66. The van der Waals surface area contributed by atoms with Crippen molar-refractivity contribution in [3.05, 3.63) is 72.0 Å². The van der Waals surface area contributed by atoms with Gasteiger partial charge in [0.25, 0.3) is 11.9 Å². The number of ether oxygens (including phenoxy) is 1. The second-order valence-electron chi connectivity index (χ2n) is 7.76. The van der Waals surface area contributed by atoms with Crippen LogP contribution in [0, 0.1) is 0 Å². The van der Waals surface area contributed by atoms with Gasteiger partial charge in [0, 0.05) is 30.8 Å². The Balaban J connectivity index is 1.48. The number of carbonyl (C=O) groups excluding carboxylic acids is 1. The number of aromatic nitrogens is 5. The van der Waals surface area contributed by atoms with Crippen LogP contribution in [0.25, 0.3) is 17.2 Å². The number of rotatable bonds is 7. The van der Waals surface area contributed by atoms with Crippen molar-refractivity contribution in [3.8, 4) is 23.0 Å². The van der Waals surface area contributed by atoms with Gasteiger partial charge in [-0.3, -0.25) is 4.79 Å². The zero-order valence-electron chi connectivity index (χ0n) is 17.8. The zero-order valence-corrected chi connectivity index (χ0v) is 17.8. The molecule has 1 aliphatic rings. The molecular formula is C23H22N6O3. The number of amides is 1. The van der Waals surface area contributed by atoms with Gasteiger partial charge in [0.1, 0.15) is 17.7 Å². The van der Waals surface area contributed by atoms with Crippen LogP contribution in [-0.2, 0) is 6.54 Å².